The van der Waals surface area contributed by atoms with Gasteiger partial charge in [0, 0.05) is 6.54 Å². The second kappa shape index (κ2) is 4.73. The maximum Gasteiger partial charge on any atom is 0.123 e. The lowest BCUT2D eigenvalue weighted by Gasteiger charge is -2.28. The fourth-order valence-corrected chi connectivity index (χ4v) is 2.10. The molecule has 0 bridgehead atoms. The van der Waals surface area contributed by atoms with E-state index in [2.05, 4.69) is 5.32 Å². The number of hydrogen-bond donors (Lipinski definition) is 2. The zero-order chi connectivity index (χ0) is 10.7. The standard InChI is InChI=1S/C12H16FNO/c13-11-3-1-2-9(7-11)6-10-4-5-14-8-12(10)15/h1-3,7,10,12,14-15H,4-6,8H2. The van der Waals surface area contributed by atoms with Gasteiger partial charge in [-0.25, -0.2) is 4.39 Å². The fraction of sp³-hybridized carbons (Fsp3) is 0.500. The molecule has 15 heavy (non-hydrogen) atoms. The highest BCUT2D eigenvalue weighted by atomic mass is 19.1. The van der Waals surface area contributed by atoms with Crippen LogP contribution in [-0.2, 0) is 6.42 Å². The molecule has 2 atom stereocenters. The van der Waals surface area contributed by atoms with Crippen molar-refractivity contribution in [2.24, 2.45) is 5.92 Å². The molecule has 1 fully saturated rings. The van der Waals surface area contributed by atoms with E-state index < -0.39 is 0 Å². The number of halogens is 1. The lowest BCUT2D eigenvalue weighted by atomic mass is 9.89. The predicted molar refractivity (Wildman–Crippen MR) is 57.1 cm³/mol. The first-order valence-corrected chi connectivity index (χ1v) is 5.39. The summed E-state index contributed by atoms with van der Waals surface area (Å²) in [5.41, 5.74) is 0.973. The van der Waals surface area contributed by atoms with Crippen LogP contribution in [-0.4, -0.2) is 24.3 Å². The molecule has 2 N–H and O–H groups in total. The normalized spacial score (nSPS) is 26.5. The van der Waals surface area contributed by atoms with Crippen molar-refractivity contribution < 1.29 is 9.50 Å². The summed E-state index contributed by atoms with van der Waals surface area (Å²) in [5.74, 6) is 0.0592. The third-order valence-electron chi connectivity index (χ3n) is 2.98. The third kappa shape index (κ3) is 2.76. The molecular weight excluding hydrogens is 193 g/mol. The zero-order valence-electron chi connectivity index (χ0n) is 8.62. The maximum atomic E-state index is 12.9. The summed E-state index contributed by atoms with van der Waals surface area (Å²) >= 11 is 0. The van der Waals surface area contributed by atoms with Gasteiger partial charge in [-0.3, -0.25) is 0 Å². The summed E-state index contributed by atoms with van der Waals surface area (Å²) in [5, 5.41) is 12.9. The van der Waals surface area contributed by atoms with Gasteiger partial charge >= 0.3 is 0 Å². The summed E-state index contributed by atoms with van der Waals surface area (Å²) in [6, 6.07) is 6.63. The van der Waals surface area contributed by atoms with E-state index in [9.17, 15) is 9.50 Å². The van der Waals surface area contributed by atoms with Crippen molar-refractivity contribution in [1.82, 2.24) is 5.32 Å². The highest BCUT2D eigenvalue weighted by molar-refractivity contribution is 5.17. The molecule has 0 saturated carbocycles. The summed E-state index contributed by atoms with van der Waals surface area (Å²) in [6.07, 6.45) is 1.42. The smallest absolute Gasteiger partial charge is 0.123 e. The number of β-amino-alcohol motifs (C(OH)–C–C–N with tert-alkyl or cyclic N) is 1. The topological polar surface area (TPSA) is 32.3 Å². The van der Waals surface area contributed by atoms with Gasteiger partial charge in [-0.1, -0.05) is 12.1 Å². The highest BCUT2D eigenvalue weighted by Crippen LogP contribution is 2.18. The minimum Gasteiger partial charge on any atom is -0.392 e. The van der Waals surface area contributed by atoms with Crippen molar-refractivity contribution in [3.8, 4) is 0 Å². The second-order valence-corrected chi connectivity index (χ2v) is 4.15. The molecule has 1 aliphatic rings. The summed E-state index contributed by atoms with van der Waals surface area (Å²) in [6.45, 7) is 1.59. The fourth-order valence-electron chi connectivity index (χ4n) is 2.10. The van der Waals surface area contributed by atoms with Crippen LogP contribution in [0.15, 0.2) is 24.3 Å². The van der Waals surface area contributed by atoms with Gasteiger partial charge in [0.05, 0.1) is 6.10 Å². The van der Waals surface area contributed by atoms with E-state index in [0.29, 0.717) is 6.54 Å². The predicted octanol–water partition coefficient (Wildman–Crippen LogP) is 1.34. The Morgan fingerprint density at radius 2 is 2.33 bits per heavy atom. The van der Waals surface area contributed by atoms with Crippen LogP contribution < -0.4 is 5.32 Å². The van der Waals surface area contributed by atoms with E-state index >= 15 is 0 Å². The van der Waals surface area contributed by atoms with Crippen LogP contribution in [0.4, 0.5) is 4.39 Å². The summed E-state index contributed by atoms with van der Waals surface area (Å²) in [7, 11) is 0. The minimum absolute atomic E-state index is 0.198. The largest absolute Gasteiger partial charge is 0.392 e. The first kappa shape index (κ1) is 10.6. The van der Waals surface area contributed by atoms with Crippen molar-refractivity contribution in [3.63, 3.8) is 0 Å². The number of hydrogen-bond acceptors (Lipinski definition) is 2. The number of aliphatic hydroxyl groups excluding tert-OH is 1. The number of nitrogens with one attached hydrogen (secondary N) is 1. The lowest BCUT2D eigenvalue weighted by molar-refractivity contribution is 0.0820. The molecule has 3 heteroatoms. The third-order valence-corrected chi connectivity index (χ3v) is 2.98. The van der Waals surface area contributed by atoms with Gasteiger partial charge in [-0.05, 0) is 43.0 Å². The van der Waals surface area contributed by atoms with E-state index in [4.69, 9.17) is 0 Å². The van der Waals surface area contributed by atoms with Crippen LogP contribution in [0.3, 0.4) is 0 Å². The van der Waals surface area contributed by atoms with Crippen molar-refractivity contribution in [2.45, 2.75) is 18.9 Å². The Hall–Kier alpha value is -0.930. The Kier molecular flexibility index (Phi) is 3.34. The Bertz CT molecular complexity index is 329. The quantitative estimate of drug-likeness (QED) is 0.770. The number of rotatable bonds is 2. The Morgan fingerprint density at radius 3 is 3.07 bits per heavy atom. The first-order chi connectivity index (χ1) is 7.25. The molecular formula is C12H16FNO. The van der Waals surface area contributed by atoms with Gasteiger partial charge in [-0.2, -0.15) is 0 Å². The molecule has 1 saturated heterocycles. The van der Waals surface area contributed by atoms with Gasteiger partial charge in [0.2, 0.25) is 0 Å². The molecule has 2 rings (SSSR count). The Morgan fingerprint density at radius 1 is 1.47 bits per heavy atom. The van der Waals surface area contributed by atoms with Crippen LogP contribution in [0.1, 0.15) is 12.0 Å². The van der Waals surface area contributed by atoms with E-state index in [-0.39, 0.29) is 17.8 Å². The number of benzene rings is 1. The average molecular weight is 209 g/mol. The van der Waals surface area contributed by atoms with Crippen molar-refractivity contribution in [1.29, 1.82) is 0 Å². The van der Waals surface area contributed by atoms with Gasteiger partial charge in [0.25, 0.3) is 0 Å². The van der Waals surface area contributed by atoms with Gasteiger partial charge in [-0.15, -0.1) is 0 Å². The van der Waals surface area contributed by atoms with Crippen molar-refractivity contribution in [3.05, 3.63) is 35.6 Å². The van der Waals surface area contributed by atoms with E-state index in [1.54, 1.807) is 12.1 Å². The zero-order valence-corrected chi connectivity index (χ0v) is 8.62. The summed E-state index contributed by atoms with van der Waals surface area (Å²) < 4.78 is 12.9. The van der Waals surface area contributed by atoms with Crippen LogP contribution in [0.2, 0.25) is 0 Å². The molecule has 0 aliphatic carbocycles. The van der Waals surface area contributed by atoms with Crippen LogP contribution in [0, 0.1) is 11.7 Å². The molecule has 0 spiro atoms. The van der Waals surface area contributed by atoms with Crippen LogP contribution in [0.5, 0.6) is 0 Å². The monoisotopic (exact) mass is 209 g/mol. The molecule has 0 amide bonds. The minimum atomic E-state index is -0.304. The second-order valence-electron chi connectivity index (χ2n) is 4.15. The Balaban J connectivity index is 2.01. The lowest BCUT2D eigenvalue weighted by Crippen LogP contribution is -2.41. The average Bonchev–Trinajstić information content (AvgIpc) is 2.22. The molecule has 0 aromatic heterocycles. The van der Waals surface area contributed by atoms with Gasteiger partial charge in [0.15, 0.2) is 0 Å². The van der Waals surface area contributed by atoms with Crippen LogP contribution >= 0.6 is 0 Å². The molecule has 1 aromatic rings. The number of piperidine rings is 1. The van der Waals surface area contributed by atoms with E-state index in [1.807, 2.05) is 6.07 Å². The first-order valence-electron chi connectivity index (χ1n) is 5.39. The molecule has 1 heterocycles. The molecule has 0 radical (unpaired) electrons. The van der Waals surface area contributed by atoms with E-state index in [0.717, 1.165) is 24.9 Å². The Labute approximate surface area is 89.1 Å². The molecule has 2 nitrogen and oxygen atoms in total. The molecule has 1 aromatic carbocycles. The van der Waals surface area contributed by atoms with Crippen molar-refractivity contribution >= 4 is 0 Å². The molecule has 1 aliphatic heterocycles. The van der Waals surface area contributed by atoms with E-state index in [1.165, 1.54) is 6.07 Å². The molecule has 82 valence electrons. The van der Waals surface area contributed by atoms with Crippen molar-refractivity contribution in [2.75, 3.05) is 13.1 Å². The van der Waals surface area contributed by atoms with Gasteiger partial charge in [0.1, 0.15) is 5.82 Å². The summed E-state index contributed by atoms with van der Waals surface area (Å²) in [4.78, 5) is 0. The van der Waals surface area contributed by atoms with Crippen LogP contribution in [0.25, 0.3) is 0 Å². The maximum absolute atomic E-state index is 12.9. The number of aliphatic hydroxyl groups is 1. The molecule has 2 unspecified atom stereocenters. The SMILES string of the molecule is OC1CNCCC1Cc1cccc(F)c1. The van der Waals surface area contributed by atoms with Gasteiger partial charge < -0.3 is 10.4 Å². The highest BCUT2D eigenvalue weighted by Gasteiger charge is 2.22.